The normalized spacial score (nSPS) is 11.2. The molecule has 24 heavy (non-hydrogen) atoms. The molecule has 0 radical (unpaired) electrons. The highest BCUT2D eigenvalue weighted by atomic mass is 16.5. The Kier molecular flexibility index (Phi) is 9.13. The summed E-state index contributed by atoms with van der Waals surface area (Å²) in [4.78, 5) is 23.7. The highest BCUT2D eigenvalue weighted by Gasteiger charge is 2.34. The third-order valence-electron chi connectivity index (χ3n) is 4.41. The van der Waals surface area contributed by atoms with Gasteiger partial charge in [-0.2, -0.15) is 0 Å². The molecule has 0 unspecified atom stereocenters. The molecule has 0 aliphatic rings. The topological polar surface area (TPSA) is 63.6 Å². The number of carbonyl (C=O) groups excluding carboxylic acids is 1. The van der Waals surface area contributed by atoms with Crippen molar-refractivity contribution in [2.75, 3.05) is 0 Å². The highest BCUT2D eigenvalue weighted by molar-refractivity contribution is 5.73. The summed E-state index contributed by atoms with van der Waals surface area (Å²) in [7, 11) is 0. The van der Waals surface area contributed by atoms with E-state index in [9.17, 15) is 14.7 Å². The largest absolute Gasteiger partial charge is 0.481 e. The molecule has 4 nitrogen and oxygen atoms in total. The zero-order valence-corrected chi connectivity index (χ0v) is 14.9. The monoisotopic (exact) mass is 334 g/mol. The minimum Gasteiger partial charge on any atom is -0.481 e. The first-order chi connectivity index (χ1) is 11.5. The Hall–Kier alpha value is -1.84. The summed E-state index contributed by atoms with van der Waals surface area (Å²) in [5, 5.41) is 9.32. The quantitative estimate of drug-likeness (QED) is 0.549. The van der Waals surface area contributed by atoms with E-state index in [1.807, 2.05) is 30.3 Å². The Balaban J connectivity index is 2.72. The second-order valence-corrected chi connectivity index (χ2v) is 6.60. The molecular weight excluding hydrogens is 304 g/mol. The fraction of sp³-hybridized carbons (Fsp3) is 0.600. The van der Waals surface area contributed by atoms with Gasteiger partial charge >= 0.3 is 11.9 Å². The molecule has 0 aromatic heterocycles. The van der Waals surface area contributed by atoms with Gasteiger partial charge in [-0.3, -0.25) is 9.59 Å². The van der Waals surface area contributed by atoms with E-state index < -0.39 is 11.4 Å². The average Bonchev–Trinajstić information content (AvgIpc) is 2.57. The van der Waals surface area contributed by atoms with E-state index in [0.717, 1.165) is 44.1 Å². The van der Waals surface area contributed by atoms with Crippen molar-refractivity contribution in [1.29, 1.82) is 0 Å². The highest BCUT2D eigenvalue weighted by Crippen LogP contribution is 2.39. The number of unbranched alkanes of at least 4 members (excludes halogenated alkanes) is 2. The summed E-state index contributed by atoms with van der Waals surface area (Å²) >= 11 is 0. The van der Waals surface area contributed by atoms with Crippen LogP contribution >= 0.6 is 0 Å². The first kappa shape index (κ1) is 20.2. The summed E-state index contributed by atoms with van der Waals surface area (Å²) in [5.41, 5.74) is 0.461. The third-order valence-corrected chi connectivity index (χ3v) is 4.41. The van der Waals surface area contributed by atoms with Crippen LogP contribution in [0.2, 0.25) is 0 Å². The Morgan fingerprint density at radius 1 is 1.00 bits per heavy atom. The van der Waals surface area contributed by atoms with Crippen molar-refractivity contribution in [1.82, 2.24) is 0 Å². The fourth-order valence-electron chi connectivity index (χ4n) is 3.06. The van der Waals surface area contributed by atoms with Gasteiger partial charge < -0.3 is 9.84 Å². The van der Waals surface area contributed by atoms with Gasteiger partial charge in [0.1, 0.15) is 6.61 Å². The minimum absolute atomic E-state index is 0.0352. The van der Waals surface area contributed by atoms with E-state index in [1.54, 1.807) is 0 Å². The molecule has 1 aromatic carbocycles. The maximum atomic E-state index is 12.3. The van der Waals surface area contributed by atoms with E-state index in [-0.39, 0.29) is 25.4 Å². The van der Waals surface area contributed by atoms with E-state index in [4.69, 9.17) is 4.74 Å². The van der Waals surface area contributed by atoms with Gasteiger partial charge in [-0.15, -0.1) is 0 Å². The number of hydrogen-bond acceptors (Lipinski definition) is 3. The molecule has 134 valence electrons. The summed E-state index contributed by atoms with van der Waals surface area (Å²) < 4.78 is 5.39. The third kappa shape index (κ3) is 7.62. The van der Waals surface area contributed by atoms with Gasteiger partial charge in [0.15, 0.2) is 0 Å². The van der Waals surface area contributed by atoms with Gasteiger partial charge in [0.2, 0.25) is 0 Å². The standard InChI is InChI=1S/C20H30O4/c1-3-5-12-20(13-6-4-2,14-18(21)22)15-19(23)24-16-17-10-8-7-9-11-17/h7-11H,3-6,12-16H2,1-2H3,(H,21,22). The number of carboxylic acid groups (broad SMARTS) is 1. The molecule has 4 heteroatoms. The van der Waals surface area contributed by atoms with Gasteiger partial charge in [0, 0.05) is 0 Å². The van der Waals surface area contributed by atoms with Crippen LogP contribution in [-0.2, 0) is 20.9 Å². The molecule has 0 aliphatic heterocycles. The predicted octanol–water partition coefficient (Wildman–Crippen LogP) is 4.96. The fourth-order valence-corrected chi connectivity index (χ4v) is 3.06. The molecule has 0 saturated heterocycles. The molecule has 0 bridgehead atoms. The molecular formula is C20H30O4. The van der Waals surface area contributed by atoms with Gasteiger partial charge in [-0.05, 0) is 23.8 Å². The van der Waals surface area contributed by atoms with Crippen molar-refractivity contribution in [3.8, 4) is 0 Å². The number of hydrogen-bond donors (Lipinski definition) is 1. The Labute approximate surface area is 145 Å². The number of benzene rings is 1. The second kappa shape index (κ2) is 10.8. The lowest BCUT2D eigenvalue weighted by Gasteiger charge is -2.31. The van der Waals surface area contributed by atoms with E-state index in [2.05, 4.69) is 13.8 Å². The molecule has 1 rings (SSSR count). The van der Waals surface area contributed by atoms with Gasteiger partial charge in [-0.25, -0.2) is 0 Å². The van der Waals surface area contributed by atoms with Crippen LogP contribution in [0.1, 0.15) is 70.8 Å². The van der Waals surface area contributed by atoms with Crippen LogP contribution in [0.5, 0.6) is 0 Å². The Bertz CT molecular complexity index is 488. The first-order valence-corrected chi connectivity index (χ1v) is 8.92. The molecule has 1 aromatic rings. The van der Waals surface area contributed by atoms with Gasteiger partial charge in [0.05, 0.1) is 12.8 Å². The Morgan fingerprint density at radius 2 is 1.58 bits per heavy atom. The number of aliphatic carboxylic acids is 1. The van der Waals surface area contributed by atoms with Crippen molar-refractivity contribution >= 4 is 11.9 Å². The van der Waals surface area contributed by atoms with Gasteiger partial charge in [0.25, 0.3) is 0 Å². The second-order valence-electron chi connectivity index (χ2n) is 6.60. The van der Waals surface area contributed by atoms with Crippen molar-refractivity contribution in [3.05, 3.63) is 35.9 Å². The van der Waals surface area contributed by atoms with Crippen LogP contribution in [0.15, 0.2) is 30.3 Å². The molecule has 0 aliphatic carbocycles. The summed E-state index contributed by atoms with van der Waals surface area (Å²) in [6, 6.07) is 9.54. The van der Waals surface area contributed by atoms with Crippen molar-refractivity contribution in [2.45, 2.75) is 71.8 Å². The van der Waals surface area contributed by atoms with Gasteiger partial charge in [-0.1, -0.05) is 69.9 Å². The summed E-state index contributed by atoms with van der Waals surface area (Å²) in [5.74, 6) is -1.13. The van der Waals surface area contributed by atoms with Crippen LogP contribution in [0.3, 0.4) is 0 Å². The Morgan fingerprint density at radius 3 is 2.08 bits per heavy atom. The lowest BCUT2D eigenvalue weighted by Crippen LogP contribution is -2.29. The van der Waals surface area contributed by atoms with Crippen molar-refractivity contribution < 1.29 is 19.4 Å². The van der Waals surface area contributed by atoms with E-state index in [0.29, 0.717) is 0 Å². The molecule has 0 amide bonds. The molecule has 0 atom stereocenters. The van der Waals surface area contributed by atoms with Crippen LogP contribution in [0.4, 0.5) is 0 Å². The molecule has 0 fully saturated rings. The lowest BCUT2D eigenvalue weighted by atomic mass is 9.73. The van der Waals surface area contributed by atoms with E-state index >= 15 is 0 Å². The SMILES string of the molecule is CCCCC(CCCC)(CC(=O)O)CC(=O)OCc1ccccc1. The first-order valence-electron chi connectivity index (χ1n) is 8.92. The van der Waals surface area contributed by atoms with E-state index in [1.165, 1.54) is 0 Å². The average molecular weight is 334 g/mol. The number of carboxylic acids is 1. The number of carbonyl (C=O) groups is 2. The summed E-state index contributed by atoms with van der Waals surface area (Å²) in [6.07, 6.45) is 5.59. The molecule has 0 saturated carbocycles. The molecule has 0 heterocycles. The lowest BCUT2D eigenvalue weighted by molar-refractivity contribution is -0.150. The zero-order valence-electron chi connectivity index (χ0n) is 14.9. The molecule has 1 N–H and O–H groups in total. The minimum atomic E-state index is -0.835. The number of ether oxygens (including phenoxy) is 1. The van der Waals surface area contributed by atoms with Crippen LogP contribution < -0.4 is 0 Å². The smallest absolute Gasteiger partial charge is 0.306 e. The number of rotatable bonds is 12. The maximum Gasteiger partial charge on any atom is 0.306 e. The van der Waals surface area contributed by atoms with Crippen LogP contribution in [-0.4, -0.2) is 17.0 Å². The zero-order chi connectivity index (χ0) is 17.8. The van der Waals surface area contributed by atoms with Crippen LogP contribution in [0, 0.1) is 5.41 Å². The maximum absolute atomic E-state index is 12.3. The molecule has 0 spiro atoms. The van der Waals surface area contributed by atoms with Crippen molar-refractivity contribution in [3.63, 3.8) is 0 Å². The van der Waals surface area contributed by atoms with Crippen LogP contribution in [0.25, 0.3) is 0 Å². The number of esters is 1. The predicted molar refractivity (Wildman–Crippen MR) is 94.6 cm³/mol. The van der Waals surface area contributed by atoms with Crippen molar-refractivity contribution in [2.24, 2.45) is 5.41 Å². The summed E-state index contributed by atoms with van der Waals surface area (Å²) in [6.45, 7) is 4.41.